The van der Waals surface area contributed by atoms with E-state index in [2.05, 4.69) is 6.08 Å². The van der Waals surface area contributed by atoms with Crippen LogP contribution >= 0.6 is 0 Å². The number of carbonyl (C=O) groups excluding carboxylic acids is 4. The predicted octanol–water partition coefficient (Wildman–Crippen LogP) is 3.39. The first kappa shape index (κ1) is 23.0. The number of methoxy groups -OCH3 is 1. The van der Waals surface area contributed by atoms with Gasteiger partial charge in [-0.1, -0.05) is 11.6 Å². The van der Waals surface area contributed by atoms with Crippen LogP contribution in [0.5, 0.6) is 0 Å². The number of esters is 3. The van der Waals surface area contributed by atoms with Crippen molar-refractivity contribution >= 4 is 23.7 Å². The molecule has 0 spiro atoms. The highest BCUT2D eigenvalue weighted by molar-refractivity contribution is 5.92. The minimum absolute atomic E-state index is 0.0302. The maximum Gasteiger partial charge on any atom is 0.308 e. The summed E-state index contributed by atoms with van der Waals surface area (Å²) in [7, 11) is 1.46. The highest BCUT2D eigenvalue weighted by Gasteiger charge is 2.60. The number of allylic oxidation sites excluding steroid dienone is 2. The standard InChI is InChI=1S/C25H34O7/c1-14(26)31-13-23(28)25(32-15(2)27)11-10-21-20-7-4-16-12-17(24(29)30-3)5-6-18(16)19(20)8-9-22(21)25/h4,17-22H,5-13H2,1-3H3. The van der Waals surface area contributed by atoms with Crippen molar-refractivity contribution < 1.29 is 33.4 Å². The molecular formula is C25H34O7. The molecule has 32 heavy (non-hydrogen) atoms. The summed E-state index contributed by atoms with van der Waals surface area (Å²) >= 11 is 0. The van der Waals surface area contributed by atoms with Crippen molar-refractivity contribution in [1.29, 1.82) is 0 Å². The first-order valence-corrected chi connectivity index (χ1v) is 11.9. The Morgan fingerprint density at radius 2 is 1.75 bits per heavy atom. The van der Waals surface area contributed by atoms with Crippen LogP contribution in [0.3, 0.4) is 0 Å². The molecule has 0 radical (unpaired) electrons. The van der Waals surface area contributed by atoms with E-state index in [4.69, 9.17) is 14.2 Å². The SMILES string of the molecule is COC(=O)C1CCC2C(=CCC3C2CCC2C3CCC2(OC(C)=O)C(=O)COC(C)=O)C1. The van der Waals surface area contributed by atoms with Crippen molar-refractivity contribution in [2.24, 2.45) is 35.5 Å². The van der Waals surface area contributed by atoms with Gasteiger partial charge in [0.05, 0.1) is 13.0 Å². The van der Waals surface area contributed by atoms with Gasteiger partial charge in [0.15, 0.2) is 12.2 Å². The largest absolute Gasteiger partial charge is 0.469 e. The second-order valence-corrected chi connectivity index (χ2v) is 10.0. The van der Waals surface area contributed by atoms with Gasteiger partial charge in [0, 0.05) is 19.8 Å². The maximum atomic E-state index is 13.2. The highest BCUT2D eigenvalue weighted by Crippen LogP contribution is 2.60. The summed E-state index contributed by atoms with van der Waals surface area (Å²) in [5, 5.41) is 0. The summed E-state index contributed by atoms with van der Waals surface area (Å²) in [5.74, 6) is 0.375. The summed E-state index contributed by atoms with van der Waals surface area (Å²) in [6.45, 7) is 2.27. The van der Waals surface area contributed by atoms with E-state index in [1.54, 1.807) is 0 Å². The zero-order chi connectivity index (χ0) is 23.0. The van der Waals surface area contributed by atoms with Crippen molar-refractivity contribution in [3.8, 4) is 0 Å². The minimum Gasteiger partial charge on any atom is -0.469 e. The third-order valence-electron chi connectivity index (χ3n) is 8.57. The molecule has 0 bridgehead atoms. The number of ketones is 1. The molecule has 0 aliphatic heterocycles. The van der Waals surface area contributed by atoms with Gasteiger partial charge in [-0.25, -0.2) is 0 Å². The summed E-state index contributed by atoms with van der Waals surface area (Å²) in [6.07, 6.45) is 9.09. The van der Waals surface area contributed by atoms with Crippen LogP contribution in [0.15, 0.2) is 11.6 Å². The average Bonchev–Trinajstić information content (AvgIpc) is 3.15. The smallest absolute Gasteiger partial charge is 0.308 e. The summed E-state index contributed by atoms with van der Waals surface area (Å²) in [5.41, 5.74) is 0.227. The molecule has 0 aromatic carbocycles. The minimum atomic E-state index is -1.18. The Hall–Kier alpha value is -2.18. The molecule has 0 saturated heterocycles. The van der Waals surface area contributed by atoms with Gasteiger partial charge in [0.2, 0.25) is 5.78 Å². The molecule has 7 unspecified atom stereocenters. The second-order valence-electron chi connectivity index (χ2n) is 10.0. The summed E-state index contributed by atoms with van der Waals surface area (Å²) < 4.78 is 15.7. The lowest BCUT2D eigenvalue weighted by Gasteiger charge is -2.50. The fourth-order valence-corrected chi connectivity index (χ4v) is 7.38. The molecular weight excluding hydrogens is 412 g/mol. The predicted molar refractivity (Wildman–Crippen MR) is 114 cm³/mol. The van der Waals surface area contributed by atoms with Crippen molar-refractivity contribution in [2.75, 3.05) is 13.7 Å². The Kier molecular flexibility index (Phi) is 6.46. The Bertz CT molecular complexity index is 830. The molecule has 7 nitrogen and oxygen atoms in total. The summed E-state index contributed by atoms with van der Waals surface area (Å²) in [4.78, 5) is 48.4. The molecule has 0 amide bonds. The molecule has 4 aliphatic rings. The van der Waals surface area contributed by atoms with Gasteiger partial charge in [0.1, 0.15) is 0 Å². The third-order valence-corrected chi connectivity index (χ3v) is 8.57. The average molecular weight is 447 g/mol. The number of hydrogen-bond acceptors (Lipinski definition) is 7. The van der Waals surface area contributed by atoms with Crippen LogP contribution in [-0.2, 0) is 33.4 Å². The molecule has 7 atom stereocenters. The second kappa shape index (κ2) is 8.99. The first-order valence-electron chi connectivity index (χ1n) is 11.9. The molecule has 0 heterocycles. The fraction of sp³-hybridized carbons (Fsp3) is 0.760. The molecule has 0 aromatic heterocycles. The zero-order valence-electron chi connectivity index (χ0n) is 19.3. The number of rotatable bonds is 5. The van der Waals surface area contributed by atoms with Gasteiger partial charge in [0.25, 0.3) is 0 Å². The lowest BCUT2D eigenvalue weighted by Crippen LogP contribution is -2.52. The number of hydrogen-bond donors (Lipinski definition) is 0. The van der Waals surface area contributed by atoms with E-state index in [0.717, 1.165) is 44.9 Å². The Morgan fingerprint density at radius 3 is 2.44 bits per heavy atom. The number of Topliss-reactive ketones (excluding diaryl/α,β-unsaturated/α-hetero) is 1. The lowest BCUT2D eigenvalue weighted by atomic mass is 9.55. The van der Waals surface area contributed by atoms with E-state index < -0.39 is 17.5 Å². The number of carbonyl (C=O) groups is 4. The zero-order valence-corrected chi connectivity index (χ0v) is 19.3. The van der Waals surface area contributed by atoms with Crippen molar-refractivity contribution in [1.82, 2.24) is 0 Å². The fourth-order valence-electron chi connectivity index (χ4n) is 7.38. The Morgan fingerprint density at radius 1 is 0.969 bits per heavy atom. The molecule has 0 N–H and O–H groups in total. The Labute approximate surface area is 189 Å². The van der Waals surface area contributed by atoms with Gasteiger partial charge in [-0.15, -0.1) is 0 Å². The van der Waals surface area contributed by atoms with Gasteiger partial charge < -0.3 is 14.2 Å². The van der Waals surface area contributed by atoms with Crippen LogP contribution in [0.2, 0.25) is 0 Å². The molecule has 7 heteroatoms. The molecule has 176 valence electrons. The highest BCUT2D eigenvalue weighted by atomic mass is 16.6. The van der Waals surface area contributed by atoms with Crippen molar-refractivity contribution in [3.05, 3.63) is 11.6 Å². The van der Waals surface area contributed by atoms with E-state index in [-0.39, 0.29) is 30.2 Å². The van der Waals surface area contributed by atoms with Crippen LogP contribution in [0.4, 0.5) is 0 Å². The molecule has 3 saturated carbocycles. The van der Waals surface area contributed by atoms with Crippen molar-refractivity contribution in [3.63, 3.8) is 0 Å². The van der Waals surface area contributed by atoms with Gasteiger partial charge in [-0.05, 0) is 75.0 Å². The van der Waals surface area contributed by atoms with Crippen molar-refractivity contribution in [2.45, 2.75) is 70.8 Å². The molecule has 0 aromatic rings. The molecule has 4 rings (SSSR count). The lowest BCUT2D eigenvalue weighted by molar-refractivity contribution is -0.176. The molecule has 3 fully saturated rings. The van der Waals surface area contributed by atoms with E-state index >= 15 is 0 Å². The van der Waals surface area contributed by atoms with E-state index in [1.807, 2.05) is 0 Å². The van der Waals surface area contributed by atoms with E-state index in [0.29, 0.717) is 30.1 Å². The number of fused-ring (bicyclic) bond motifs is 5. The van der Waals surface area contributed by atoms with Gasteiger partial charge in [-0.2, -0.15) is 0 Å². The quantitative estimate of drug-likeness (QED) is 0.363. The van der Waals surface area contributed by atoms with Gasteiger partial charge in [-0.3, -0.25) is 19.2 Å². The molecule has 4 aliphatic carbocycles. The topological polar surface area (TPSA) is 96.0 Å². The van der Waals surface area contributed by atoms with Gasteiger partial charge >= 0.3 is 17.9 Å². The van der Waals surface area contributed by atoms with Crippen LogP contribution in [0.25, 0.3) is 0 Å². The maximum absolute atomic E-state index is 13.2. The monoisotopic (exact) mass is 446 g/mol. The van der Waals surface area contributed by atoms with E-state index in [9.17, 15) is 19.2 Å². The van der Waals surface area contributed by atoms with E-state index in [1.165, 1.54) is 26.5 Å². The normalized spacial score (nSPS) is 37.8. The summed E-state index contributed by atoms with van der Waals surface area (Å²) in [6, 6.07) is 0. The Balaban J connectivity index is 1.54. The first-order chi connectivity index (χ1) is 15.3. The van der Waals surface area contributed by atoms with Crippen LogP contribution in [-0.4, -0.2) is 43.0 Å². The number of ether oxygens (including phenoxy) is 3. The third kappa shape index (κ3) is 3.99. The van der Waals surface area contributed by atoms with Crippen LogP contribution in [0.1, 0.15) is 65.2 Å². The van der Waals surface area contributed by atoms with Crippen LogP contribution in [0, 0.1) is 35.5 Å². The van der Waals surface area contributed by atoms with Crippen LogP contribution < -0.4 is 0 Å².